The van der Waals surface area contributed by atoms with Gasteiger partial charge in [0.25, 0.3) is 0 Å². The summed E-state index contributed by atoms with van der Waals surface area (Å²) in [6, 6.07) is 70.1. The van der Waals surface area contributed by atoms with Crippen molar-refractivity contribution in [2.75, 3.05) is 0 Å². The van der Waals surface area contributed by atoms with E-state index in [2.05, 4.69) is 53.1 Å². The molecule has 0 radical (unpaired) electrons. The molecule has 0 N–H and O–H groups in total. The Balaban J connectivity index is 1.19. The van der Waals surface area contributed by atoms with Crippen LogP contribution in [0.15, 0.2) is 200 Å². The highest BCUT2D eigenvalue weighted by molar-refractivity contribution is 6.11. The molecule has 0 saturated carbocycles. The molecule has 11 rings (SSSR count). The van der Waals surface area contributed by atoms with E-state index in [1.807, 2.05) is 152 Å². The second kappa shape index (κ2) is 16.4. The second-order valence-corrected chi connectivity index (χ2v) is 15.4. The summed E-state index contributed by atoms with van der Waals surface area (Å²) >= 11 is 0. The van der Waals surface area contributed by atoms with Crippen LogP contribution in [0, 0.1) is 22.7 Å². The van der Waals surface area contributed by atoms with Gasteiger partial charge in [0.2, 0.25) is 0 Å². The predicted octanol–water partition coefficient (Wildman–Crippen LogP) is 12.6. The SMILES string of the molecule is N#Cc1ccc(-c2ccc3c(c2)c2ccccc2n3-c2ccc(-c3nc(-c4ccccc4)nc(-c4ccccc4)n3)cc2-c2nc(-c3ccccc3)nc(-c3ccccc3)n2)c(C#N)c1. The third-order valence-corrected chi connectivity index (χ3v) is 11.4. The Morgan fingerprint density at radius 1 is 0.323 bits per heavy atom. The zero-order chi connectivity index (χ0) is 43.7. The molecule has 0 aliphatic carbocycles. The first-order valence-corrected chi connectivity index (χ1v) is 21.0. The quantitative estimate of drug-likeness (QED) is 0.148. The molecule has 0 saturated heterocycles. The van der Waals surface area contributed by atoms with Gasteiger partial charge in [-0.25, -0.2) is 29.9 Å². The Kier molecular flexibility index (Phi) is 9.73. The maximum atomic E-state index is 10.1. The smallest absolute Gasteiger partial charge is 0.166 e. The molecule has 302 valence electrons. The maximum Gasteiger partial charge on any atom is 0.166 e. The van der Waals surface area contributed by atoms with E-state index >= 15 is 0 Å². The summed E-state index contributed by atoms with van der Waals surface area (Å²) in [4.78, 5) is 30.7. The number of rotatable bonds is 8. The molecule has 0 unspecified atom stereocenters. The summed E-state index contributed by atoms with van der Waals surface area (Å²) in [5.41, 5.74) is 10.2. The number of benzene rings is 8. The van der Waals surface area contributed by atoms with Gasteiger partial charge in [-0.3, -0.25) is 0 Å². The highest BCUT2D eigenvalue weighted by Gasteiger charge is 2.22. The van der Waals surface area contributed by atoms with Crippen LogP contribution >= 0.6 is 0 Å². The summed E-state index contributed by atoms with van der Waals surface area (Å²) in [5, 5.41) is 21.7. The van der Waals surface area contributed by atoms with E-state index in [1.54, 1.807) is 12.1 Å². The Morgan fingerprint density at radius 3 is 1.31 bits per heavy atom. The van der Waals surface area contributed by atoms with Crippen LogP contribution in [0.3, 0.4) is 0 Å². The third kappa shape index (κ3) is 7.21. The van der Waals surface area contributed by atoms with Crippen LogP contribution in [-0.4, -0.2) is 34.5 Å². The van der Waals surface area contributed by atoms with Gasteiger partial charge in [-0.1, -0.05) is 152 Å². The topological polar surface area (TPSA) is 130 Å². The van der Waals surface area contributed by atoms with Gasteiger partial charge in [-0.2, -0.15) is 10.5 Å². The summed E-state index contributed by atoms with van der Waals surface area (Å²) in [6.45, 7) is 0. The minimum absolute atomic E-state index is 0.437. The van der Waals surface area contributed by atoms with Crippen molar-refractivity contribution in [1.82, 2.24) is 34.5 Å². The van der Waals surface area contributed by atoms with Crippen molar-refractivity contribution in [3.05, 3.63) is 211 Å². The molecule has 0 spiro atoms. The normalized spacial score (nSPS) is 11.0. The van der Waals surface area contributed by atoms with Crippen molar-refractivity contribution in [3.8, 4) is 97.3 Å². The lowest BCUT2D eigenvalue weighted by molar-refractivity contribution is 1.06. The minimum atomic E-state index is 0.437. The molecule has 9 heteroatoms. The van der Waals surface area contributed by atoms with Crippen molar-refractivity contribution >= 4 is 21.8 Å². The van der Waals surface area contributed by atoms with Crippen LogP contribution < -0.4 is 0 Å². The summed E-state index contributed by atoms with van der Waals surface area (Å²) in [5.74, 6) is 3.14. The molecule has 9 nitrogen and oxygen atoms in total. The monoisotopic (exact) mass is 831 g/mol. The first kappa shape index (κ1) is 38.5. The molecular weight excluding hydrogens is 799 g/mol. The first-order valence-electron chi connectivity index (χ1n) is 21.0. The molecular formula is C56H33N9. The molecule has 65 heavy (non-hydrogen) atoms. The average molecular weight is 832 g/mol. The standard InChI is InChI=1S/C56H33N9/c57-34-36-25-28-44(43(31-36)35-58)41-26-29-49-46(32-41)45-23-13-14-24-48(45)65(49)50-30-27-42(55-61-51(37-15-5-1-6-16-37)59-52(62-55)38-17-7-2-8-18-38)33-47(50)56-63-53(39-19-9-3-10-20-39)60-54(64-56)40-21-11-4-12-22-40/h1-33H. The van der Waals surface area contributed by atoms with Crippen LogP contribution in [0.4, 0.5) is 0 Å². The number of nitriles is 2. The number of hydrogen-bond acceptors (Lipinski definition) is 8. The van der Waals surface area contributed by atoms with Crippen molar-refractivity contribution < 1.29 is 0 Å². The highest BCUT2D eigenvalue weighted by Crippen LogP contribution is 2.40. The van der Waals surface area contributed by atoms with E-state index in [4.69, 9.17) is 29.9 Å². The largest absolute Gasteiger partial charge is 0.309 e. The van der Waals surface area contributed by atoms with E-state index in [1.165, 1.54) is 0 Å². The number of hydrogen-bond donors (Lipinski definition) is 0. The van der Waals surface area contributed by atoms with Gasteiger partial charge in [0.05, 0.1) is 40.0 Å². The summed E-state index contributed by atoms with van der Waals surface area (Å²) in [7, 11) is 0. The zero-order valence-electron chi connectivity index (χ0n) is 34.6. The lowest BCUT2D eigenvalue weighted by atomic mass is 9.97. The highest BCUT2D eigenvalue weighted by atomic mass is 15.1. The maximum absolute atomic E-state index is 10.1. The Labute approximate surface area is 374 Å². The Bertz CT molecular complexity index is 3550. The van der Waals surface area contributed by atoms with Gasteiger partial charge in [0.15, 0.2) is 34.9 Å². The van der Waals surface area contributed by atoms with Gasteiger partial charge in [-0.15, -0.1) is 0 Å². The van der Waals surface area contributed by atoms with Crippen LogP contribution in [0.1, 0.15) is 11.1 Å². The van der Waals surface area contributed by atoms with E-state index in [-0.39, 0.29) is 0 Å². The van der Waals surface area contributed by atoms with Crippen LogP contribution in [0.5, 0.6) is 0 Å². The van der Waals surface area contributed by atoms with Crippen LogP contribution in [0.25, 0.3) is 107 Å². The van der Waals surface area contributed by atoms with Gasteiger partial charge in [0, 0.05) is 44.2 Å². The van der Waals surface area contributed by atoms with Gasteiger partial charge in [0.1, 0.15) is 0 Å². The average Bonchev–Trinajstić information content (AvgIpc) is 3.72. The molecule has 0 bridgehead atoms. The Morgan fingerprint density at radius 2 is 0.785 bits per heavy atom. The van der Waals surface area contributed by atoms with E-state index in [0.717, 1.165) is 72.0 Å². The zero-order valence-corrected chi connectivity index (χ0v) is 34.6. The van der Waals surface area contributed by atoms with Crippen LogP contribution in [0.2, 0.25) is 0 Å². The number of fused-ring (bicyclic) bond motifs is 3. The summed E-state index contributed by atoms with van der Waals surface area (Å²) in [6.07, 6.45) is 0. The van der Waals surface area contributed by atoms with Crippen molar-refractivity contribution in [2.45, 2.75) is 0 Å². The van der Waals surface area contributed by atoms with Crippen molar-refractivity contribution in [3.63, 3.8) is 0 Å². The third-order valence-electron chi connectivity index (χ3n) is 11.4. The number of nitrogens with zero attached hydrogens (tertiary/aromatic N) is 9. The van der Waals surface area contributed by atoms with Gasteiger partial charge < -0.3 is 4.57 Å². The molecule has 0 aliphatic rings. The lowest BCUT2D eigenvalue weighted by Crippen LogP contribution is -2.05. The molecule has 0 atom stereocenters. The molecule has 8 aromatic carbocycles. The molecule has 11 aromatic rings. The van der Waals surface area contributed by atoms with E-state index in [0.29, 0.717) is 46.1 Å². The van der Waals surface area contributed by atoms with E-state index < -0.39 is 0 Å². The van der Waals surface area contributed by atoms with Gasteiger partial charge in [-0.05, 0) is 59.7 Å². The fourth-order valence-corrected chi connectivity index (χ4v) is 8.27. The molecule has 3 heterocycles. The fraction of sp³-hybridized carbons (Fsp3) is 0. The molecule has 0 aliphatic heterocycles. The molecule has 3 aromatic heterocycles. The predicted molar refractivity (Wildman–Crippen MR) is 255 cm³/mol. The fourth-order valence-electron chi connectivity index (χ4n) is 8.27. The van der Waals surface area contributed by atoms with Crippen molar-refractivity contribution in [2.24, 2.45) is 0 Å². The van der Waals surface area contributed by atoms with Crippen molar-refractivity contribution in [1.29, 1.82) is 10.5 Å². The lowest BCUT2D eigenvalue weighted by Gasteiger charge is -2.16. The molecule has 0 amide bonds. The van der Waals surface area contributed by atoms with Crippen LogP contribution in [-0.2, 0) is 0 Å². The number of aromatic nitrogens is 7. The summed E-state index contributed by atoms with van der Waals surface area (Å²) < 4.78 is 2.24. The Hall–Kier alpha value is -9.44. The number of para-hydroxylation sites is 1. The van der Waals surface area contributed by atoms with Gasteiger partial charge >= 0.3 is 0 Å². The minimum Gasteiger partial charge on any atom is -0.309 e. The second-order valence-electron chi connectivity index (χ2n) is 15.4. The first-order chi connectivity index (χ1) is 32.1. The molecule has 0 fully saturated rings. The van der Waals surface area contributed by atoms with E-state index in [9.17, 15) is 10.5 Å².